The van der Waals surface area contributed by atoms with Gasteiger partial charge in [0.25, 0.3) is 0 Å². The van der Waals surface area contributed by atoms with E-state index in [1.54, 1.807) is 19.1 Å². The molecule has 0 atom stereocenters. The Kier molecular flexibility index (Phi) is 4.39. The predicted octanol–water partition coefficient (Wildman–Crippen LogP) is 4.85. The van der Waals surface area contributed by atoms with E-state index in [1.165, 1.54) is 6.07 Å². The van der Waals surface area contributed by atoms with E-state index in [0.717, 1.165) is 5.56 Å². The van der Waals surface area contributed by atoms with E-state index >= 15 is 0 Å². The largest absolute Gasteiger partial charge is 0.323 e. The maximum atomic E-state index is 13.3. The number of rotatable bonds is 2. The van der Waals surface area contributed by atoms with Crippen LogP contribution in [0.25, 0.3) is 0 Å². The van der Waals surface area contributed by atoms with E-state index in [-0.39, 0.29) is 11.8 Å². The minimum Gasteiger partial charge on any atom is -0.308 e. The third-order valence-electron chi connectivity index (χ3n) is 2.79. The second-order valence-corrected chi connectivity index (χ2v) is 5.38. The molecule has 2 N–H and O–H groups in total. The number of carbonyl (C=O) groups is 1. The Balaban J connectivity index is 2.10. The van der Waals surface area contributed by atoms with Crippen molar-refractivity contribution in [2.45, 2.75) is 13.8 Å². The third-order valence-corrected chi connectivity index (χ3v) is 3.40. The summed E-state index contributed by atoms with van der Waals surface area (Å²) in [5.41, 5.74) is 2.98. The molecule has 5 heteroatoms. The van der Waals surface area contributed by atoms with Crippen LogP contribution in [0.2, 0.25) is 0 Å². The number of halogens is 2. The van der Waals surface area contributed by atoms with Crippen LogP contribution < -0.4 is 10.6 Å². The van der Waals surface area contributed by atoms with Gasteiger partial charge in [0, 0.05) is 11.4 Å². The van der Waals surface area contributed by atoms with Crippen LogP contribution in [0.3, 0.4) is 0 Å². The van der Waals surface area contributed by atoms with E-state index < -0.39 is 0 Å². The topological polar surface area (TPSA) is 41.1 Å². The number of nitrogens with one attached hydrogen (secondary N) is 2. The molecule has 0 bridgehead atoms. The summed E-state index contributed by atoms with van der Waals surface area (Å²) in [6, 6.07) is 10.0. The number of urea groups is 1. The maximum Gasteiger partial charge on any atom is 0.323 e. The standard InChI is InChI=1S/C15H14BrFN2O/c1-9-4-3-5-11(6-9)18-15(20)19-14-8-12(16)13(17)7-10(14)2/h3-8H,1-2H3,(H2,18,19,20). The fourth-order valence-electron chi connectivity index (χ4n) is 1.79. The van der Waals surface area contributed by atoms with Gasteiger partial charge in [0.2, 0.25) is 0 Å². The zero-order valence-corrected chi connectivity index (χ0v) is 12.7. The number of aryl methyl sites for hydroxylation is 2. The molecule has 104 valence electrons. The summed E-state index contributed by atoms with van der Waals surface area (Å²) in [6.07, 6.45) is 0. The van der Waals surface area contributed by atoms with Crippen LogP contribution in [-0.4, -0.2) is 6.03 Å². The molecule has 20 heavy (non-hydrogen) atoms. The summed E-state index contributed by atoms with van der Waals surface area (Å²) in [5, 5.41) is 5.43. The van der Waals surface area contributed by atoms with E-state index in [0.29, 0.717) is 21.4 Å². The summed E-state index contributed by atoms with van der Waals surface area (Å²) in [5.74, 6) is -0.354. The molecule has 2 amide bonds. The van der Waals surface area contributed by atoms with Crippen molar-refractivity contribution < 1.29 is 9.18 Å². The summed E-state index contributed by atoms with van der Waals surface area (Å²) in [6.45, 7) is 3.68. The summed E-state index contributed by atoms with van der Waals surface area (Å²) < 4.78 is 13.6. The zero-order valence-electron chi connectivity index (χ0n) is 11.1. The first-order valence-electron chi connectivity index (χ1n) is 6.06. The van der Waals surface area contributed by atoms with Crippen LogP contribution in [0.4, 0.5) is 20.6 Å². The Bertz CT molecular complexity index is 658. The van der Waals surface area contributed by atoms with Crippen LogP contribution in [0, 0.1) is 19.7 Å². The molecule has 0 spiro atoms. The molecule has 0 fully saturated rings. The van der Waals surface area contributed by atoms with Crippen molar-refractivity contribution in [2.75, 3.05) is 10.6 Å². The molecule has 2 aromatic carbocycles. The van der Waals surface area contributed by atoms with Gasteiger partial charge in [0.1, 0.15) is 5.82 Å². The Labute approximate surface area is 125 Å². The van der Waals surface area contributed by atoms with Gasteiger partial charge in [-0.1, -0.05) is 12.1 Å². The van der Waals surface area contributed by atoms with Crippen LogP contribution in [0.5, 0.6) is 0 Å². The first-order chi connectivity index (χ1) is 9.45. The first-order valence-corrected chi connectivity index (χ1v) is 6.85. The van der Waals surface area contributed by atoms with Gasteiger partial charge in [-0.05, 0) is 65.2 Å². The number of anilines is 2. The number of carbonyl (C=O) groups excluding carboxylic acids is 1. The lowest BCUT2D eigenvalue weighted by Gasteiger charge is -2.11. The highest BCUT2D eigenvalue weighted by Gasteiger charge is 2.08. The molecule has 3 nitrogen and oxygen atoms in total. The van der Waals surface area contributed by atoms with E-state index in [1.807, 2.05) is 25.1 Å². The van der Waals surface area contributed by atoms with Crippen molar-refractivity contribution in [1.29, 1.82) is 0 Å². The molecule has 0 aliphatic rings. The molecule has 2 rings (SSSR count). The Morgan fingerprint density at radius 1 is 1.15 bits per heavy atom. The first kappa shape index (κ1) is 14.5. The normalized spacial score (nSPS) is 10.2. The summed E-state index contributed by atoms with van der Waals surface area (Å²) in [7, 11) is 0. The molecular formula is C15H14BrFN2O. The number of hydrogen-bond acceptors (Lipinski definition) is 1. The average Bonchev–Trinajstić information content (AvgIpc) is 2.36. The van der Waals surface area contributed by atoms with Crippen molar-refractivity contribution in [3.8, 4) is 0 Å². The maximum absolute atomic E-state index is 13.3. The third kappa shape index (κ3) is 3.57. The number of hydrogen-bond donors (Lipinski definition) is 2. The van der Waals surface area contributed by atoms with Gasteiger partial charge in [0.05, 0.1) is 4.47 Å². The highest BCUT2D eigenvalue weighted by atomic mass is 79.9. The molecule has 0 radical (unpaired) electrons. The fourth-order valence-corrected chi connectivity index (χ4v) is 2.13. The van der Waals surface area contributed by atoms with Gasteiger partial charge in [-0.25, -0.2) is 9.18 Å². The Morgan fingerprint density at radius 3 is 2.60 bits per heavy atom. The molecule has 2 aromatic rings. The average molecular weight is 337 g/mol. The zero-order chi connectivity index (χ0) is 14.7. The predicted molar refractivity (Wildman–Crippen MR) is 82.7 cm³/mol. The van der Waals surface area contributed by atoms with Crippen LogP contribution in [0.1, 0.15) is 11.1 Å². The highest BCUT2D eigenvalue weighted by Crippen LogP contribution is 2.24. The van der Waals surface area contributed by atoms with Gasteiger partial charge < -0.3 is 10.6 Å². The van der Waals surface area contributed by atoms with E-state index in [9.17, 15) is 9.18 Å². The monoisotopic (exact) mass is 336 g/mol. The molecule has 0 aromatic heterocycles. The Hall–Kier alpha value is -1.88. The molecule has 0 unspecified atom stereocenters. The van der Waals surface area contributed by atoms with Gasteiger partial charge >= 0.3 is 6.03 Å². The van der Waals surface area contributed by atoms with E-state index in [4.69, 9.17) is 0 Å². The van der Waals surface area contributed by atoms with Gasteiger partial charge in [-0.2, -0.15) is 0 Å². The van der Waals surface area contributed by atoms with Gasteiger partial charge in [0.15, 0.2) is 0 Å². The lowest BCUT2D eigenvalue weighted by molar-refractivity contribution is 0.262. The molecule has 0 aliphatic carbocycles. The summed E-state index contributed by atoms with van der Waals surface area (Å²) in [4.78, 5) is 11.9. The van der Waals surface area contributed by atoms with Crippen molar-refractivity contribution in [2.24, 2.45) is 0 Å². The second-order valence-electron chi connectivity index (χ2n) is 4.53. The lowest BCUT2D eigenvalue weighted by atomic mass is 10.2. The van der Waals surface area contributed by atoms with Crippen molar-refractivity contribution >= 4 is 33.3 Å². The van der Waals surface area contributed by atoms with Crippen molar-refractivity contribution in [3.63, 3.8) is 0 Å². The van der Waals surface area contributed by atoms with Crippen LogP contribution in [-0.2, 0) is 0 Å². The summed E-state index contributed by atoms with van der Waals surface area (Å²) >= 11 is 3.10. The Morgan fingerprint density at radius 2 is 1.90 bits per heavy atom. The lowest BCUT2D eigenvalue weighted by Crippen LogP contribution is -2.20. The van der Waals surface area contributed by atoms with Crippen LogP contribution >= 0.6 is 15.9 Å². The molecule has 0 aliphatic heterocycles. The minimum atomic E-state index is -0.364. The second kappa shape index (κ2) is 6.05. The van der Waals surface area contributed by atoms with Crippen molar-refractivity contribution in [3.05, 3.63) is 57.8 Å². The number of amides is 2. The molecule has 0 heterocycles. The van der Waals surface area contributed by atoms with Crippen molar-refractivity contribution in [1.82, 2.24) is 0 Å². The quantitative estimate of drug-likeness (QED) is 0.808. The fraction of sp³-hybridized carbons (Fsp3) is 0.133. The van der Waals surface area contributed by atoms with Gasteiger partial charge in [-0.3, -0.25) is 0 Å². The molecular weight excluding hydrogens is 323 g/mol. The smallest absolute Gasteiger partial charge is 0.308 e. The highest BCUT2D eigenvalue weighted by molar-refractivity contribution is 9.10. The van der Waals surface area contributed by atoms with E-state index in [2.05, 4.69) is 26.6 Å². The van der Waals surface area contributed by atoms with Gasteiger partial charge in [-0.15, -0.1) is 0 Å². The van der Waals surface area contributed by atoms with Crippen LogP contribution in [0.15, 0.2) is 40.9 Å². The SMILES string of the molecule is Cc1cccc(NC(=O)Nc2cc(Br)c(F)cc2C)c1. The molecule has 0 saturated carbocycles. The molecule has 0 saturated heterocycles. The minimum absolute atomic E-state index is 0.314. The number of benzene rings is 2.